The van der Waals surface area contributed by atoms with Gasteiger partial charge >= 0.3 is 0 Å². The maximum absolute atomic E-state index is 13.9. The lowest BCUT2D eigenvalue weighted by atomic mass is 10.0. The molecule has 1 aliphatic heterocycles. The molecule has 22 heavy (non-hydrogen) atoms. The van der Waals surface area contributed by atoms with Crippen molar-refractivity contribution in [3.05, 3.63) is 35.4 Å². The molecule has 1 fully saturated rings. The van der Waals surface area contributed by atoms with E-state index in [1.165, 1.54) is 18.2 Å². The molecule has 2 rings (SSSR count). The number of nitrogens with one attached hydrogen (secondary N) is 1. The molecule has 7 heteroatoms. The zero-order chi connectivity index (χ0) is 16.1. The fourth-order valence-electron chi connectivity index (χ4n) is 2.32. The third-order valence-corrected chi connectivity index (χ3v) is 3.53. The monoisotopic (exact) mass is 314 g/mol. The average molecular weight is 314 g/mol. The van der Waals surface area contributed by atoms with E-state index in [-0.39, 0.29) is 24.6 Å². The highest BCUT2D eigenvalue weighted by atomic mass is 19.1. The number of carbonyl (C=O) groups excluding carboxylic acids is 1. The zero-order valence-corrected chi connectivity index (χ0v) is 12.6. The summed E-state index contributed by atoms with van der Waals surface area (Å²) in [6.07, 6.45) is -0.679. The Labute approximate surface area is 128 Å². The summed E-state index contributed by atoms with van der Waals surface area (Å²) >= 11 is 0. The quantitative estimate of drug-likeness (QED) is 0.884. The van der Waals surface area contributed by atoms with E-state index in [9.17, 15) is 13.6 Å². The second-order valence-corrected chi connectivity index (χ2v) is 5.29. The van der Waals surface area contributed by atoms with Crippen LogP contribution in [-0.2, 0) is 14.3 Å². The van der Waals surface area contributed by atoms with Crippen molar-refractivity contribution in [3.63, 3.8) is 0 Å². The molecule has 2 atom stereocenters. The maximum atomic E-state index is 13.9. The summed E-state index contributed by atoms with van der Waals surface area (Å²) in [5.41, 5.74) is -0.0615. The predicted molar refractivity (Wildman–Crippen MR) is 76.4 cm³/mol. The molecule has 122 valence electrons. The molecule has 5 nitrogen and oxygen atoms in total. The van der Waals surface area contributed by atoms with E-state index in [1.54, 1.807) is 19.0 Å². The van der Waals surface area contributed by atoms with Crippen LogP contribution in [0.4, 0.5) is 8.78 Å². The lowest BCUT2D eigenvalue weighted by Crippen LogP contribution is -2.45. The van der Waals surface area contributed by atoms with Crippen LogP contribution in [0.5, 0.6) is 0 Å². The minimum atomic E-state index is -0.679. The van der Waals surface area contributed by atoms with E-state index in [1.807, 2.05) is 0 Å². The van der Waals surface area contributed by atoms with Crippen molar-refractivity contribution in [1.82, 2.24) is 10.2 Å². The molecule has 0 spiro atoms. The van der Waals surface area contributed by atoms with Gasteiger partial charge in [-0.15, -0.1) is 0 Å². The van der Waals surface area contributed by atoms with E-state index in [0.29, 0.717) is 13.2 Å². The van der Waals surface area contributed by atoms with Gasteiger partial charge in [0.05, 0.1) is 25.9 Å². The fraction of sp³-hybridized carbons (Fsp3) is 0.533. The third kappa shape index (κ3) is 4.00. The van der Waals surface area contributed by atoms with Crippen molar-refractivity contribution < 1.29 is 23.0 Å². The van der Waals surface area contributed by atoms with E-state index in [0.717, 1.165) is 0 Å². The van der Waals surface area contributed by atoms with E-state index in [4.69, 9.17) is 9.47 Å². The molecule has 0 radical (unpaired) electrons. The smallest absolute Gasteiger partial charge is 0.251 e. The van der Waals surface area contributed by atoms with Crippen LogP contribution >= 0.6 is 0 Å². The number of carbonyl (C=O) groups is 1. The lowest BCUT2D eigenvalue weighted by molar-refractivity contribution is -0.147. The second-order valence-electron chi connectivity index (χ2n) is 5.29. The van der Waals surface area contributed by atoms with Crippen molar-refractivity contribution in [2.24, 2.45) is 0 Å². The van der Waals surface area contributed by atoms with Gasteiger partial charge in [-0.05, 0) is 26.2 Å². The van der Waals surface area contributed by atoms with Crippen molar-refractivity contribution >= 4 is 5.91 Å². The maximum Gasteiger partial charge on any atom is 0.251 e. The minimum absolute atomic E-state index is 0.0615. The van der Waals surface area contributed by atoms with Gasteiger partial charge in [-0.3, -0.25) is 4.79 Å². The topological polar surface area (TPSA) is 50.8 Å². The molecular formula is C15H20F2N2O3. The lowest BCUT2D eigenvalue weighted by Gasteiger charge is -2.27. The Morgan fingerprint density at radius 2 is 2.05 bits per heavy atom. The first-order valence-electron chi connectivity index (χ1n) is 7.08. The first-order valence-corrected chi connectivity index (χ1v) is 7.08. The number of hydrogen-bond donors (Lipinski definition) is 1. The first kappa shape index (κ1) is 16.8. The zero-order valence-electron chi connectivity index (χ0n) is 12.6. The van der Waals surface area contributed by atoms with E-state index >= 15 is 0 Å². The standard InChI is InChI=1S/C15H20F2N2O3/c1-19(2)12(14-10(16)4-3-5-11(14)17)8-18-15(20)13-9-21-6-7-22-13/h3-5,12-13H,6-9H2,1-2H3,(H,18,20). The number of ether oxygens (including phenoxy) is 2. The Bertz CT molecular complexity index is 499. The summed E-state index contributed by atoms with van der Waals surface area (Å²) in [6.45, 7) is 1.08. The van der Waals surface area contributed by atoms with Gasteiger partial charge < -0.3 is 19.7 Å². The van der Waals surface area contributed by atoms with Gasteiger partial charge in [0.25, 0.3) is 5.91 Å². The predicted octanol–water partition coefficient (Wildman–Crippen LogP) is 1.10. The molecule has 1 aliphatic rings. The van der Waals surface area contributed by atoms with Gasteiger partial charge in [0.15, 0.2) is 6.10 Å². The highest BCUT2D eigenvalue weighted by Gasteiger charge is 2.26. The largest absolute Gasteiger partial charge is 0.376 e. The Balaban J connectivity index is 2.05. The second kappa shape index (κ2) is 7.62. The molecule has 0 aliphatic carbocycles. The normalized spacial score (nSPS) is 20.0. The van der Waals surface area contributed by atoms with Crippen LogP contribution in [0, 0.1) is 11.6 Å². The van der Waals surface area contributed by atoms with Crippen LogP contribution < -0.4 is 5.32 Å². The molecule has 1 heterocycles. The van der Waals surface area contributed by atoms with Gasteiger partial charge in [-0.2, -0.15) is 0 Å². The van der Waals surface area contributed by atoms with Gasteiger partial charge in [-0.25, -0.2) is 8.78 Å². The first-order chi connectivity index (χ1) is 10.5. The number of amides is 1. The van der Waals surface area contributed by atoms with Crippen molar-refractivity contribution in [2.45, 2.75) is 12.1 Å². The fourth-order valence-corrected chi connectivity index (χ4v) is 2.32. The Morgan fingerprint density at radius 1 is 1.36 bits per heavy atom. The number of rotatable bonds is 5. The number of benzene rings is 1. The van der Waals surface area contributed by atoms with E-state index in [2.05, 4.69) is 5.32 Å². The van der Waals surface area contributed by atoms with Gasteiger partial charge in [-0.1, -0.05) is 6.07 Å². The molecule has 1 amide bonds. The summed E-state index contributed by atoms with van der Waals surface area (Å²) in [5, 5.41) is 2.67. The number of hydrogen-bond acceptors (Lipinski definition) is 4. The summed E-state index contributed by atoms with van der Waals surface area (Å²) < 4.78 is 38.3. The number of likely N-dealkylation sites (N-methyl/N-ethyl adjacent to an activating group) is 1. The van der Waals surface area contributed by atoms with E-state index < -0.39 is 23.8 Å². The molecule has 1 N–H and O–H groups in total. The van der Waals surface area contributed by atoms with Crippen LogP contribution in [-0.4, -0.2) is 57.4 Å². The van der Waals surface area contributed by atoms with Gasteiger partial charge in [0.1, 0.15) is 11.6 Å². The van der Waals surface area contributed by atoms with Crippen molar-refractivity contribution in [2.75, 3.05) is 40.5 Å². The summed E-state index contributed by atoms with van der Waals surface area (Å²) in [6, 6.07) is 3.10. The molecule has 2 unspecified atom stereocenters. The van der Waals surface area contributed by atoms with Crippen molar-refractivity contribution in [3.8, 4) is 0 Å². The molecule has 1 aromatic carbocycles. The molecule has 1 aromatic rings. The van der Waals surface area contributed by atoms with Crippen LogP contribution in [0.3, 0.4) is 0 Å². The van der Waals surface area contributed by atoms with Gasteiger partial charge in [0.2, 0.25) is 0 Å². The number of halogens is 2. The Kier molecular flexibility index (Phi) is 5.82. The SMILES string of the molecule is CN(C)C(CNC(=O)C1COCCO1)c1c(F)cccc1F. The molecular weight excluding hydrogens is 294 g/mol. The molecule has 0 bridgehead atoms. The highest BCUT2D eigenvalue weighted by molar-refractivity contribution is 5.81. The van der Waals surface area contributed by atoms with Gasteiger partial charge in [0, 0.05) is 12.1 Å². The summed E-state index contributed by atoms with van der Waals surface area (Å²) in [5.74, 6) is -1.61. The Morgan fingerprint density at radius 3 is 2.59 bits per heavy atom. The Hall–Kier alpha value is -1.57. The van der Waals surface area contributed by atoms with Crippen molar-refractivity contribution in [1.29, 1.82) is 0 Å². The third-order valence-electron chi connectivity index (χ3n) is 3.53. The molecule has 0 aromatic heterocycles. The number of nitrogens with zero attached hydrogens (tertiary/aromatic N) is 1. The highest BCUT2D eigenvalue weighted by Crippen LogP contribution is 2.23. The molecule has 0 saturated carbocycles. The van der Waals surface area contributed by atoms with Crippen LogP contribution in [0.15, 0.2) is 18.2 Å². The van der Waals surface area contributed by atoms with Crippen LogP contribution in [0.25, 0.3) is 0 Å². The average Bonchev–Trinajstić information content (AvgIpc) is 2.50. The molecule has 1 saturated heterocycles. The van der Waals surface area contributed by atoms with Crippen LogP contribution in [0.2, 0.25) is 0 Å². The minimum Gasteiger partial charge on any atom is -0.376 e. The van der Waals surface area contributed by atoms with Crippen LogP contribution in [0.1, 0.15) is 11.6 Å². The summed E-state index contributed by atoms with van der Waals surface area (Å²) in [7, 11) is 3.39. The summed E-state index contributed by atoms with van der Waals surface area (Å²) in [4.78, 5) is 13.7.